The quantitative estimate of drug-likeness (QED) is 0.765. The van der Waals surface area contributed by atoms with Gasteiger partial charge in [-0.15, -0.1) is 0 Å². The third kappa shape index (κ3) is 5.39. The van der Waals surface area contributed by atoms with E-state index in [1.54, 1.807) is 0 Å². The van der Waals surface area contributed by atoms with Gasteiger partial charge in [0.05, 0.1) is 0 Å². The Morgan fingerprint density at radius 1 is 1.18 bits per heavy atom. The first-order valence-corrected chi connectivity index (χ1v) is 7.58. The Morgan fingerprint density at radius 3 is 2.59 bits per heavy atom. The third-order valence-corrected chi connectivity index (χ3v) is 4.36. The molecule has 1 unspecified atom stereocenters. The van der Waals surface area contributed by atoms with Crippen LogP contribution in [0.1, 0.15) is 66.2 Å². The average molecular weight is 240 g/mol. The summed E-state index contributed by atoms with van der Waals surface area (Å²) in [6.07, 6.45) is 8.19. The molecule has 0 saturated carbocycles. The molecule has 1 atom stereocenters. The predicted molar refractivity (Wildman–Crippen MR) is 76.5 cm³/mol. The number of hydrogen-bond acceptors (Lipinski definition) is 2. The first kappa shape index (κ1) is 15.0. The van der Waals surface area contributed by atoms with Gasteiger partial charge in [-0.2, -0.15) is 0 Å². The van der Waals surface area contributed by atoms with Crippen molar-refractivity contribution in [3.05, 3.63) is 0 Å². The van der Waals surface area contributed by atoms with E-state index in [1.807, 2.05) is 0 Å². The van der Waals surface area contributed by atoms with E-state index in [1.165, 1.54) is 51.6 Å². The Morgan fingerprint density at radius 2 is 1.94 bits per heavy atom. The molecule has 1 fully saturated rings. The summed E-state index contributed by atoms with van der Waals surface area (Å²) in [4.78, 5) is 2.71. The van der Waals surface area contributed by atoms with Crippen LogP contribution >= 0.6 is 0 Å². The maximum absolute atomic E-state index is 3.68. The lowest BCUT2D eigenvalue weighted by atomic mass is 10.0. The van der Waals surface area contributed by atoms with Gasteiger partial charge in [0.2, 0.25) is 0 Å². The van der Waals surface area contributed by atoms with Crippen LogP contribution in [0.2, 0.25) is 0 Å². The summed E-state index contributed by atoms with van der Waals surface area (Å²) < 4.78 is 0. The summed E-state index contributed by atoms with van der Waals surface area (Å²) in [6, 6.07) is 0.837. The average Bonchev–Trinajstić information content (AvgIpc) is 2.54. The van der Waals surface area contributed by atoms with Gasteiger partial charge in [-0.25, -0.2) is 0 Å². The number of nitrogens with one attached hydrogen (secondary N) is 1. The molecule has 0 spiro atoms. The number of hydrogen-bond donors (Lipinski definition) is 1. The molecule has 1 rings (SSSR count). The van der Waals surface area contributed by atoms with Crippen molar-refractivity contribution in [2.24, 2.45) is 0 Å². The Hall–Kier alpha value is -0.0800. The molecular formula is C15H32N2. The molecule has 0 aromatic rings. The highest BCUT2D eigenvalue weighted by molar-refractivity contribution is 4.78. The van der Waals surface area contributed by atoms with Gasteiger partial charge in [-0.05, 0) is 46.1 Å². The summed E-state index contributed by atoms with van der Waals surface area (Å²) >= 11 is 0. The lowest BCUT2D eigenvalue weighted by molar-refractivity contribution is 0.188. The highest BCUT2D eigenvalue weighted by Crippen LogP contribution is 2.18. The maximum Gasteiger partial charge on any atom is 0.0123 e. The number of likely N-dealkylation sites (tertiary alicyclic amines) is 1. The topological polar surface area (TPSA) is 15.3 Å². The van der Waals surface area contributed by atoms with Crippen LogP contribution in [0.15, 0.2) is 0 Å². The van der Waals surface area contributed by atoms with Crippen LogP contribution < -0.4 is 5.32 Å². The van der Waals surface area contributed by atoms with Crippen LogP contribution in [0.4, 0.5) is 0 Å². The fourth-order valence-corrected chi connectivity index (χ4v) is 2.66. The van der Waals surface area contributed by atoms with Gasteiger partial charge in [-0.1, -0.05) is 26.7 Å². The molecule has 1 N–H and O–H groups in total. The lowest BCUT2D eigenvalue weighted by Gasteiger charge is -2.31. The van der Waals surface area contributed by atoms with Gasteiger partial charge in [0, 0.05) is 24.7 Å². The van der Waals surface area contributed by atoms with Crippen molar-refractivity contribution in [2.45, 2.75) is 77.8 Å². The van der Waals surface area contributed by atoms with E-state index in [9.17, 15) is 0 Å². The molecule has 102 valence electrons. The smallest absolute Gasteiger partial charge is 0.0123 e. The summed E-state index contributed by atoms with van der Waals surface area (Å²) in [5.74, 6) is 0. The minimum Gasteiger partial charge on any atom is -0.311 e. The Bertz CT molecular complexity index is 201. The zero-order valence-corrected chi connectivity index (χ0v) is 12.4. The third-order valence-electron chi connectivity index (χ3n) is 4.36. The predicted octanol–water partition coefficient (Wildman–Crippen LogP) is 3.42. The second kappa shape index (κ2) is 7.38. The van der Waals surface area contributed by atoms with E-state index >= 15 is 0 Å². The molecule has 2 heteroatoms. The van der Waals surface area contributed by atoms with Crippen molar-refractivity contribution >= 4 is 0 Å². The fourth-order valence-electron chi connectivity index (χ4n) is 2.66. The van der Waals surface area contributed by atoms with Crippen LogP contribution in [0.5, 0.6) is 0 Å². The summed E-state index contributed by atoms with van der Waals surface area (Å²) in [5.41, 5.74) is 0.299. The first-order chi connectivity index (χ1) is 8.09. The van der Waals surface area contributed by atoms with Gasteiger partial charge in [0.15, 0.2) is 0 Å². The molecule has 2 nitrogen and oxygen atoms in total. The monoisotopic (exact) mass is 240 g/mol. The summed E-state index contributed by atoms with van der Waals surface area (Å²) in [7, 11) is 0. The molecule has 1 aliphatic rings. The molecule has 17 heavy (non-hydrogen) atoms. The molecule has 0 aromatic carbocycles. The van der Waals surface area contributed by atoms with Crippen LogP contribution in [-0.2, 0) is 0 Å². The van der Waals surface area contributed by atoms with Crippen molar-refractivity contribution < 1.29 is 0 Å². The Kier molecular flexibility index (Phi) is 6.50. The molecule has 1 saturated heterocycles. The van der Waals surface area contributed by atoms with Crippen LogP contribution in [0.25, 0.3) is 0 Å². The number of rotatable bonds is 6. The molecule has 1 aliphatic heterocycles. The standard InChI is InChI=1S/C15H32N2/c1-5-14-10-8-7-9-12-17(14)13-11-16-15(3,4)6-2/h14,16H,5-13H2,1-4H3. The SMILES string of the molecule is CCC1CCCCCN1CCNC(C)(C)CC. The van der Waals surface area contributed by atoms with E-state index in [2.05, 4.69) is 37.9 Å². The van der Waals surface area contributed by atoms with Crippen LogP contribution in [-0.4, -0.2) is 36.1 Å². The minimum atomic E-state index is 0.299. The molecule has 0 radical (unpaired) electrons. The van der Waals surface area contributed by atoms with Crippen molar-refractivity contribution in [2.75, 3.05) is 19.6 Å². The van der Waals surface area contributed by atoms with E-state index in [-0.39, 0.29) is 0 Å². The summed E-state index contributed by atoms with van der Waals surface area (Å²) in [6.45, 7) is 12.9. The molecule has 0 amide bonds. The minimum absolute atomic E-state index is 0.299. The van der Waals surface area contributed by atoms with Crippen LogP contribution in [0.3, 0.4) is 0 Å². The zero-order chi connectivity index (χ0) is 12.7. The number of nitrogens with zero attached hydrogens (tertiary/aromatic N) is 1. The van der Waals surface area contributed by atoms with Crippen LogP contribution in [0, 0.1) is 0 Å². The molecule has 0 bridgehead atoms. The largest absolute Gasteiger partial charge is 0.311 e. The Labute approximate surface area is 108 Å². The van der Waals surface area contributed by atoms with Crippen molar-refractivity contribution in [3.8, 4) is 0 Å². The van der Waals surface area contributed by atoms with Gasteiger partial charge >= 0.3 is 0 Å². The van der Waals surface area contributed by atoms with E-state index in [0.29, 0.717) is 5.54 Å². The normalized spacial score (nSPS) is 23.6. The fraction of sp³-hybridized carbons (Fsp3) is 1.00. The molecule has 0 aromatic heterocycles. The second-order valence-corrected chi connectivity index (χ2v) is 6.11. The highest BCUT2D eigenvalue weighted by atomic mass is 15.2. The summed E-state index contributed by atoms with van der Waals surface area (Å²) in [5, 5.41) is 3.68. The second-order valence-electron chi connectivity index (χ2n) is 6.11. The van der Waals surface area contributed by atoms with E-state index < -0.39 is 0 Å². The van der Waals surface area contributed by atoms with Gasteiger partial charge in [-0.3, -0.25) is 4.90 Å². The van der Waals surface area contributed by atoms with Gasteiger partial charge in [0.1, 0.15) is 0 Å². The van der Waals surface area contributed by atoms with Crippen molar-refractivity contribution in [1.82, 2.24) is 10.2 Å². The van der Waals surface area contributed by atoms with E-state index in [4.69, 9.17) is 0 Å². The molecule has 0 aliphatic carbocycles. The zero-order valence-electron chi connectivity index (χ0n) is 12.4. The van der Waals surface area contributed by atoms with Crippen molar-refractivity contribution in [3.63, 3.8) is 0 Å². The maximum atomic E-state index is 3.68. The molecule has 1 heterocycles. The van der Waals surface area contributed by atoms with Crippen molar-refractivity contribution in [1.29, 1.82) is 0 Å². The lowest BCUT2D eigenvalue weighted by Crippen LogP contribution is -2.45. The van der Waals surface area contributed by atoms with Gasteiger partial charge < -0.3 is 5.32 Å². The first-order valence-electron chi connectivity index (χ1n) is 7.58. The van der Waals surface area contributed by atoms with E-state index in [0.717, 1.165) is 12.6 Å². The highest BCUT2D eigenvalue weighted by Gasteiger charge is 2.20. The molecular weight excluding hydrogens is 208 g/mol. The van der Waals surface area contributed by atoms with Gasteiger partial charge in [0.25, 0.3) is 0 Å². The Balaban J connectivity index is 2.32.